The molecule has 0 aromatic carbocycles. The Morgan fingerprint density at radius 3 is 0.520 bits per heavy atom. The summed E-state index contributed by atoms with van der Waals surface area (Å²) < 4.78 is 123. The van der Waals surface area contributed by atoms with Gasteiger partial charge in [0.2, 0.25) is 0 Å². The van der Waals surface area contributed by atoms with Gasteiger partial charge in [0.25, 0.3) is 0 Å². The molecule has 15 heterocycles. The third-order valence-electron chi connectivity index (χ3n) is 30.9. The van der Waals surface area contributed by atoms with E-state index < -0.39 is 30.4 Å². The van der Waals surface area contributed by atoms with Crippen molar-refractivity contribution >= 4 is 187 Å². The van der Waals surface area contributed by atoms with E-state index >= 15 is 0 Å². The van der Waals surface area contributed by atoms with Crippen molar-refractivity contribution in [1.82, 2.24) is 59.8 Å². The van der Waals surface area contributed by atoms with E-state index in [9.17, 15) is 18.3 Å². The number of H-pyrrole nitrogens is 6. The summed E-state index contributed by atoms with van der Waals surface area (Å²) in [5, 5.41) is 0. The quantitative estimate of drug-likeness (QED) is 0.0117. The van der Waals surface area contributed by atoms with E-state index in [2.05, 4.69) is 300 Å². The minimum Gasteiger partial charge on any atom is -0.385 e. The average molecular weight is 2590 g/mol. The maximum atomic E-state index is 13.3. The molecule has 9 aromatic heterocycles. The van der Waals surface area contributed by atoms with Crippen molar-refractivity contribution in [3.63, 3.8) is 0 Å². The summed E-state index contributed by atoms with van der Waals surface area (Å²) in [7, 11) is 4.60. The monoisotopic (exact) mass is 2590 g/mol. The van der Waals surface area contributed by atoms with Crippen molar-refractivity contribution < 1.29 is 73.4 Å². The van der Waals surface area contributed by atoms with Crippen molar-refractivity contribution in [2.45, 2.75) is 267 Å². The number of fused-ring (bicyclic) bond motifs is 24. The van der Waals surface area contributed by atoms with Crippen LogP contribution in [0.25, 0.3) is 66.2 Å². The number of nitrogens with zero attached hydrogens (tertiary/aromatic N) is 6. The molecular formula is C114H162I4N12O16P4. The highest BCUT2D eigenvalue weighted by atomic mass is 127. The van der Waals surface area contributed by atoms with Crippen molar-refractivity contribution in [2.24, 2.45) is 0 Å². The number of alkyl halides is 4. The van der Waals surface area contributed by atoms with E-state index in [0.29, 0.717) is 88.6 Å². The van der Waals surface area contributed by atoms with Gasteiger partial charge in [0.1, 0.15) is 0 Å². The predicted octanol–water partition coefficient (Wildman–Crippen LogP) is 29.5. The first-order valence-corrected chi connectivity index (χ1v) is 65.5. The number of hydrogen-bond donors (Lipinski definition) is 6. The number of aromatic nitrogens is 12. The lowest BCUT2D eigenvalue weighted by molar-refractivity contribution is 0.163. The van der Waals surface area contributed by atoms with Gasteiger partial charge in [-0.1, -0.05) is 173 Å². The molecule has 6 aliphatic heterocycles. The Labute approximate surface area is 943 Å². The lowest BCUT2D eigenvalue weighted by Crippen LogP contribution is -2.15. The molecule has 0 saturated heterocycles. The van der Waals surface area contributed by atoms with Crippen molar-refractivity contribution in [2.75, 3.05) is 154 Å². The number of halogens is 4. The van der Waals surface area contributed by atoms with Crippen LogP contribution in [0.15, 0.2) is 109 Å². The molecule has 150 heavy (non-hydrogen) atoms. The summed E-state index contributed by atoms with van der Waals surface area (Å²) in [5.74, 6) is 1.17. The lowest BCUT2D eigenvalue weighted by Gasteiger charge is -2.22. The average Bonchev–Trinajstić information content (AvgIpc) is 1.62. The van der Waals surface area contributed by atoms with E-state index in [1.165, 1.54) is 127 Å². The van der Waals surface area contributed by atoms with Gasteiger partial charge >= 0.3 is 30.4 Å². The summed E-state index contributed by atoms with van der Waals surface area (Å²) in [4.78, 5) is 53.9. The molecule has 6 aliphatic rings. The highest BCUT2D eigenvalue weighted by molar-refractivity contribution is 14.1. The van der Waals surface area contributed by atoms with E-state index in [0.717, 1.165) is 192 Å². The second-order valence-electron chi connectivity index (χ2n) is 44.8. The summed E-state index contributed by atoms with van der Waals surface area (Å²) in [6, 6.07) is 40.1. The Bertz CT molecular complexity index is 6380. The van der Waals surface area contributed by atoms with E-state index in [1.54, 1.807) is 28.4 Å². The van der Waals surface area contributed by atoms with Gasteiger partial charge in [-0.05, 0) is 255 Å². The second kappa shape index (κ2) is 53.1. The Kier molecular flexibility index (Phi) is 43.1. The minimum absolute atomic E-state index is 0.0214. The van der Waals surface area contributed by atoms with E-state index in [-0.39, 0.29) is 69.0 Å². The van der Waals surface area contributed by atoms with Crippen LogP contribution < -0.4 is 0 Å². The fourth-order valence-corrected chi connectivity index (χ4v) is 29.5. The zero-order valence-electron chi connectivity index (χ0n) is 92.6. The van der Waals surface area contributed by atoms with Crippen LogP contribution in [0.2, 0.25) is 0 Å². The highest BCUT2D eigenvalue weighted by Crippen LogP contribution is 2.55. The minimum atomic E-state index is -3.38. The third kappa shape index (κ3) is 30.9. The van der Waals surface area contributed by atoms with Gasteiger partial charge < -0.3 is 85.0 Å². The van der Waals surface area contributed by atoms with Gasteiger partial charge in [0.15, 0.2) is 0 Å². The summed E-state index contributed by atoms with van der Waals surface area (Å²) in [6.45, 7) is 29.9. The third-order valence-corrected chi connectivity index (χ3v) is 41.1. The number of nitrogens with one attached hydrogen (secondary N) is 6. The molecule has 36 heteroatoms. The smallest absolute Gasteiger partial charge is 0.330 e. The maximum Gasteiger partial charge on any atom is 0.330 e. The fourth-order valence-electron chi connectivity index (χ4n) is 21.9. The molecule has 0 spiro atoms. The molecule has 0 saturated carbocycles. The van der Waals surface area contributed by atoms with Crippen LogP contribution in [-0.4, -0.2) is 214 Å². The summed E-state index contributed by atoms with van der Waals surface area (Å²) in [5.41, 5.74) is 31.2. The summed E-state index contributed by atoms with van der Waals surface area (Å²) >= 11 is 10.1. The molecule has 24 bridgehead atoms. The molecular weight excluding hydrogens is 2420 g/mol. The van der Waals surface area contributed by atoms with Crippen LogP contribution in [0.4, 0.5) is 0 Å². The van der Waals surface area contributed by atoms with Crippen LogP contribution in [0.1, 0.15) is 297 Å². The van der Waals surface area contributed by atoms with Gasteiger partial charge in [-0.15, -0.1) is 0 Å². The van der Waals surface area contributed by atoms with Crippen LogP contribution >= 0.6 is 121 Å². The van der Waals surface area contributed by atoms with Crippen LogP contribution in [0.3, 0.4) is 0 Å². The molecule has 0 unspecified atom stereocenters. The van der Waals surface area contributed by atoms with Crippen LogP contribution in [0, 0.1) is 0 Å². The topological polar surface area (TPSA) is 351 Å². The first-order valence-electron chi connectivity index (χ1n) is 52.5. The fraction of sp³-hybridized carbons (Fsp3) is 0.579. The standard InChI is InChI=1S/C42H66N4O12P4.C38H54N4O4.C34H42I4N4/c1-41(2)27-33-21-31-23-36(30(15-19-61(49,55-9)56-10)16-20-62(50,57-11)58-12)38(44-31)26-40-42(3,4)28-34(46-40)22-32-24-35(37(43-32)25-39(41)45-33)29(13-17-59(47,51-5)52-6)14-18-60(48,53-7)54-8;1-37(2)23-29-17-27-19-32(26(11-15-45-7)12-16-46-8)34(40-27)22-36-38(3,4)24-30(42-36)18-28-20-31(33(39-28)21-35(37)41-29)25(9-13-43-5)10-14-44-6;1-33(2)19-25-13-23-15-28(22(7-11-37)8-12-38)30(40-23)18-32-34(3,4)20-26(42-32)14-24-16-27(21(5-9-35)6-10-36)29(39-24)17-31(33)41-25/h21-26,29-30,43-44H,13-20,27-28H2,1-12H3;17-22,25-26,39-40H,9-16,23-24H2,1-8H3;13-18,21-22,39-40H,5-12,19-20H2,1-4H3. The number of rotatable bonds is 46. The van der Waals surface area contributed by atoms with Crippen molar-refractivity contribution in [3.8, 4) is 0 Å². The number of ether oxygens (including phenoxy) is 4. The molecule has 0 atom stereocenters. The molecule has 15 rings (SSSR count). The summed E-state index contributed by atoms with van der Waals surface area (Å²) in [6.07, 6.45) is 15.6. The van der Waals surface area contributed by atoms with E-state index in [4.69, 9.17) is 85.0 Å². The first kappa shape index (κ1) is 122. The lowest BCUT2D eigenvalue weighted by atomic mass is 9.86. The molecule has 9 aromatic rings. The second-order valence-corrected chi connectivity index (χ2v) is 58.7. The predicted molar refractivity (Wildman–Crippen MR) is 644 cm³/mol. The molecule has 0 radical (unpaired) electrons. The molecule has 822 valence electrons. The van der Waals surface area contributed by atoms with Crippen molar-refractivity contribution in [1.29, 1.82) is 0 Å². The van der Waals surface area contributed by atoms with Crippen LogP contribution in [-0.2, 0) is 144 Å². The highest BCUT2D eigenvalue weighted by Gasteiger charge is 2.39. The maximum absolute atomic E-state index is 13.3. The normalized spacial score (nSPS) is 15.9. The zero-order chi connectivity index (χ0) is 109. The van der Waals surface area contributed by atoms with Crippen LogP contribution in [0.5, 0.6) is 0 Å². The Hall–Kier alpha value is -5.28. The Balaban J connectivity index is 0.000000192. The first-order chi connectivity index (χ1) is 71.3. The number of aromatic amines is 6. The molecule has 6 N–H and O–H groups in total. The van der Waals surface area contributed by atoms with Crippen molar-refractivity contribution in [3.05, 3.63) is 211 Å². The largest absolute Gasteiger partial charge is 0.385 e. The molecule has 0 fully saturated rings. The number of hydrogen-bond acceptors (Lipinski definition) is 22. The number of methoxy groups -OCH3 is 4. The Morgan fingerprint density at radius 2 is 0.380 bits per heavy atom. The van der Waals surface area contributed by atoms with Gasteiger partial charge in [-0.2, -0.15) is 0 Å². The Morgan fingerprint density at radius 1 is 0.233 bits per heavy atom. The SMILES string of the molecule is CC1(C)Cc2cc3cc(C(CCI)CCI)c(cc4nc(cc5cc(C(CCI)CCI)c(cc1n2)[nH]5)CC4(C)C)[nH]3.COCCC(CCOC)c1cc2cc3nc(cc4[nH]c(cc5nc(cc1[nH]2)C(C)(C)C5)cc4C(CCOC)CCOC)C(C)(C)C3.COP(=O)(CCC(CCP(=O)(OC)OC)c1cc2cc3nc(cc4[nH]c(cc5nc(cc1[nH]2)C(C)(C)C5)cc4C(CCP(=O)(OC)OC)CCP(=O)(OC)OC)C(C)(C)C3)OC. The molecule has 0 aliphatic carbocycles. The van der Waals surface area contributed by atoms with Gasteiger partial charge in [-0.25, -0.2) is 0 Å². The van der Waals surface area contributed by atoms with Gasteiger partial charge in [-0.3, -0.25) is 48.2 Å². The van der Waals surface area contributed by atoms with Gasteiger partial charge in [0.05, 0.1) is 24.6 Å². The zero-order valence-corrected chi connectivity index (χ0v) is 105. The molecule has 28 nitrogen and oxygen atoms in total. The van der Waals surface area contributed by atoms with Gasteiger partial charge in [0, 0.05) is 335 Å². The van der Waals surface area contributed by atoms with E-state index in [1.807, 2.05) is 12.1 Å². The molecule has 0 amide bonds.